The van der Waals surface area contributed by atoms with Gasteiger partial charge in [-0.05, 0) is 24.3 Å². The summed E-state index contributed by atoms with van der Waals surface area (Å²) in [6.45, 7) is 0.328. The van der Waals surface area contributed by atoms with Gasteiger partial charge < -0.3 is 14.5 Å². The van der Waals surface area contributed by atoms with E-state index in [1.807, 2.05) is 18.2 Å². The van der Waals surface area contributed by atoms with E-state index in [4.69, 9.17) is 14.3 Å². The molecule has 108 valence electrons. The number of nitrogens with one attached hydrogen (secondary N) is 1. The number of benzene rings is 1. The van der Waals surface area contributed by atoms with Crippen molar-refractivity contribution in [3.05, 3.63) is 40.6 Å². The van der Waals surface area contributed by atoms with E-state index >= 15 is 0 Å². The van der Waals surface area contributed by atoms with Crippen LogP contribution < -0.4 is 15.2 Å². The zero-order chi connectivity index (χ0) is 14.8. The second kappa shape index (κ2) is 5.86. The van der Waals surface area contributed by atoms with Crippen LogP contribution in [0.3, 0.4) is 0 Å². The minimum absolute atomic E-state index is 0.249. The molecule has 0 spiro atoms. The fourth-order valence-electron chi connectivity index (χ4n) is 1.58. The Morgan fingerprint density at radius 1 is 1.35 bits per heavy atom. The van der Waals surface area contributed by atoms with E-state index < -0.39 is 10.0 Å². The third-order valence-electron chi connectivity index (χ3n) is 2.49. The van der Waals surface area contributed by atoms with Crippen LogP contribution in [0.2, 0.25) is 0 Å². The average molecular weight is 361 g/mol. The summed E-state index contributed by atoms with van der Waals surface area (Å²) in [5.74, 6) is 1.17. The number of rotatable bonds is 5. The lowest BCUT2D eigenvalue weighted by Gasteiger charge is -2.07. The zero-order valence-corrected chi connectivity index (χ0v) is 13.0. The molecule has 6 nitrogen and oxygen atoms in total. The molecule has 0 saturated carbocycles. The third-order valence-corrected chi connectivity index (χ3v) is 3.73. The van der Waals surface area contributed by atoms with Crippen molar-refractivity contribution in [2.45, 2.75) is 11.6 Å². The topological polar surface area (TPSA) is 94.6 Å². The molecule has 0 unspecified atom stereocenters. The number of ether oxygens (including phenoxy) is 1. The molecule has 0 radical (unpaired) electrons. The van der Waals surface area contributed by atoms with Gasteiger partial charge in [0.05, 0.1) is 13.7 Å². The van der Waals surface area contributed by atoms with Gasteiger partial charge in [0.25, 0.3) is 10.0 Å². The molecule has 0 amide bonds. The van der Waals surface area contributed by atoms with Gasteiger partial charge >= 0.3 is 0 Å². The summed E-state index contributed by atoms with van der Waals surface area (Å²) in [6.07, 6.45) is 0. The smallest absolute Gasteiger partial charge is 0.271 e. The SMILES string of the molecule is COc1cc(Br)cc(NCc2ccc(S(N)(=O)=O)o2)c1. The number of methoxy groups -OCH3 is 1. The lowest BCUT2D eigenvalue weighted by molar-refractivity contribution is 0.414. The molecule has 1 aromatic carbocycles. The van der Waals surface area contributed by atoms with Gasteiger partial charge in [0.2, 0.25) is 5.09 Å². The molecule has 0 aliphatic rings. The Balaban J connectivity index is 2.09. The lowest BCUT2D eigenvalue weighted by atomic mass is 10.3. The summed E-state index contributed by atoms with van der Waals surface area (Å²) < 4.78 is 33.3. The maximum absolute atomic E-state index is 11.1. The summed E-state index contributed by atoms with van der Waals surface area (Å²) in [6, 6.07) is 8.40. The molecule has 0 aliphatic carbocycles. The average Bonchev–Trinajstić information content (AvgIpc) is 2.84. The van der Waals surface area contributed by atoms with E-state index in [1.54, 1.807) is 13.2 Å². The van der Waals surface area contributed by atoms with Crippen molar-refractivity contribution in [2.75, 3.05) is 12.4 Å². The van der Waals surface area contributed by atoms with E-state index in [0.717, 1.165) is 10.2 Å². The van der Waals surface area contributed by atoms with Crippen LogP contribution in [0.1, 0.15) is 5.76 Å². The molecule has 0 bridgehead atoms. The van der Waals surface area contributed by atoms with Gasteiger partial charge in [-0.25, -0.2) is 13.6 Å². The van der Waals surface area contributed by atoms with Crippen molar-refractivity contribution in [3.8, 4) is 5.75 Å². The Morgan fingerprint density at radius 2 is 2.10 bits per heavy atom. The molecule has 0 aliphatic heterocycles. The Morgan fingerprint density at radius 3 is 2.70 bits per heavy atom. The van der Waals surface area contributed by atoms with Gasteiger partial charge in [-0.2, -0.15) is 0 Å². The summed E-state index contributed by atoms with van der Waals surface area (Å²) in [5, 5.41) is 7.82. The van der Waals surface area contributed by atoms with Gasteiger partial charge in [0.1, 0.15) is 11.5 Å². The molecule has 2 aromatic rings. The third kappa shape index (κ3) is 3.75. The van der Waals surface area contributed by atoms with E-state index in [1.165, 1.54) is 6.07 Å². The summed E-state index contributed by atoms with van der Waals surface area (Å²) in [5.41, 5.74) is 0.810. The highest BCUT2D eigenvalue weighted by Gasteiger charge is 2.13. The van der Waals surface area contributed by atoms with Crippen LogP contribution in [0.4, 0.5) is 5.69 Å². The van der Waals surface area contributed by atoms with Crippen LogP contribution in [0.5, 0.6) is 5.75 Å². The Labute approximate surface area is 125 Å². The molecule has 8 heteroatoms. The maximum Gasteiger partial charge on any atom is 0.271 e. The quantitative estimate of drug-likeness (QED) is 0.852. The van der Waals surface area contributed by atoms with Crippen LogP contribution in [0, 0.1) is 0 Å². The van der Waals surface area contributed by atoms with E-state index in [9.17, 15) is 8.42 Å². The maximum atomic E-state index is 11.1. The Bertz CT molecular complexity index is 712. The lowest BCUT2D eigenvalue weighted by Crippen LogP contribution is -2.10. The van der Waals surface area contributed by atoms with Crippen LogP contribution in [-0.4, -0.2) is 15.5 Å². The second-order valence-electron chi connectivity index (χ2n) is 4.00. The molecule has 1 aromatic heterocycles. The predicted molar refractivity (Wildman–Crippen MR) is 78.1 cm³/mol. The highest BCUT2D eigenvalue weighted by molar-refractivity contribution is 9.10. The Hall–Kier alpha value is -1.51. The van der Waals surface area contributed by atoms with Crippen LogP contribution in [0.25, 0.3) is 0 Å². The normalized spacial score (nSPS) is 11.3. The number of nitrogens with two attached hydrogens (primary N) is 1. The van der Waals surface area contributed by atoms with Gasteiger partial charge in [-0.1, -0.05) is 15.9 Å². The molecule has 1 heterocycles. The molecular weight excluding hydrogens is 348 g/mol. The molecule has 2 rings (SSSR count). The summed E-state index contributed by atoms with van der Waals surface area (Å²) in [4.78, 5) is 0. The van der Waals surface area contributed by atoms with Gasteiger partial charge in [0.15, 0.2) is 0 Å². The van der Waals surface area contributed by atoms with Crippen molar-refractivity contribution in [1.82, 2.24) is 0 Å². The first-order valence-electron chi connectivity index (χ1n) is 5.58. The second-order valence-corrected chi connectivity index (χ2v) is 6.41. The molecule has 0 saturated heterocycles. The van der Waals surface area contributed by atoms with Crippen molar-refractivity contribution < 1.29 is 17.6 Å². The van der Waals surface area contributed by atoms with Crippen LogP contribution in [-0.2, 0) is 16.6 Å². The summed E-state index contributed by atoms with van der Waals surface area (Å²) in [7, 11) is -2.22. The van der Waals surface area contributed by atoms with Crippen molar-refractivity contribution in [1.29, 1.82) is 0 Å². The number of halogens is 1. The number of primary sulfonamides is 1. The molecule has 0 atom stereocenters. The van der Waals surface area contributed by atoms with Crippen molar-refractivity contribution in [2.24, 2.45) is 5.14 Å². The first-order chi connectivity index (χ1) is 9.38. The number of furan rings is 1. The van der Waals surface area contributed by atoms with E-state index in [0.29, 0.717) is 18.1 Å². The van der Waals surface area contributed by atoms with Gasteiger partial charge in [-0.15, -0.1) is 0 Å². The summed E-state index contributed by atoms with van der Waals surface area (Å²) >= 11 is 3.37. The number of anilines is 1. The minimum Gasteiger partial charge on any atom is -0.497 e. The minimum atomic E-state index is -3.80. The fraction of sp³-hybridized carbons (Fsp3) is 0.167. The monoisotopic (exact) mass is 360 g/mol. The first kappa shape index (κ1) is 14.9. The van der Waals surface area contributed by atoms with Gasteiger partial charge in [0, 0.05) is 16.2 Å². The molecular formula is C12H13BrN2O4S. The van der Waals surface area contributed by atoms with E-state index in [-0.39, 0.29) is 5.09 Å². The van der Waals surface area contributed by atoms with Gasteiger partial charge in [-0.3, -0.25) is 0 Å². The van der Waals surface area contributed by atoms with Crippen molar-refractivity contribution >= 4 is 31.6 Å². The Kier molecular flexibility index (Phi) is 4.36. The molecule has 3 N–H and O–H groups in total. The molecule has 20 heavy (non-hydrogen) atoms. The van der Waals surface area contributed by atoms with Crippen molar-refractivity contribution in [3.63, 3.8) is 0 Å². The van der Waals surface area contributed by atoms with Crippen LogP contribution in [0.15, 0.2) is 44.3 Å². The van der Waals surface area contributed by atoms with E-state index in [2.05, 4.69) is 21.2 Å². The fourth-order valence-corrected chi connectivity index (χ4v) is 2.53. The molecule has 0 fully saturated rings. The number of sulfonamides is 1. The first-order valence-corrected chi connectivity index (χ1v) is 7.92. The number of hydrogen-bond acceptors (Lipinski definition) is 5. The highest BCUT2D eigenvalue weighted by atomic mass is 79.9. The predicted octanol–water partition coefficient (Wildman–Crippen LogP) is 2.31. The zero-order valence-electron chi connectivity index (χ0n) is 10.6. The standard InChI is InChI=1S/C12H13BrN2O4S/c1-18-11-5-8(13)4-9(6-11)15-7-10-2-3-12(19-10)20(14,16)17/h2-6,15H,7H2,1H3,(H2,14,16,17). The van der Waals surface area contributed by atoms with Crippen LogP contribution >= 0.6 is 15.9 Å². The number of hydrogen-bond donors (Lipinski definition) is 2. The highest BCUT2D eigenvalue weighted by Crippen LogP contribution is 2.25. The largest absolute Gasteiger partial charge is 0.497 e.